The summed E-state index contributed by atoms with van der Waals surface area (Å²) < 4.78 is 36.0. The van der Waals surface area contributed by atoms with E-state index in [1.165, 1.54) is 5.56 Å². The largest absolute Gasteiger partial charge is 0.461 e. The lowest BCUT2D eigenvalue weighted by atomic mass is 9.71. The van der Waals surface area contributed by atoms with Crippen molar-refractivity contribution in [3.63, 3.8) is 0 Å². The fourth-order valence-electron chi connectivity index (χ4n) is 5.64. The van der Waals surface area contributed by atoms with E-state index in [0.29, 0.717) is 27.9 Å². The molecule has 1 N–H and O–H groups in total. The summed E-state index contributed by atoms with van der Waals surface area (Å²) in [6.07, 6.45) is 2.93. The summed E-state index contributed by atoms with van der Waals surface area (Å²) in [5, 5.41) is 2.19. The molecule has 6 nitrogen and oxygen atoms in total. The van der Waals surface area contributed by atoms with Crippen LogP contribution >= 0.6 is 0 Å². The van der Waals surface area contributed by atoms with Gasteiger partial charge in [-0.05, 0) is 60.6 Å². The van der Waals surface area contributed by atoms with Gasteiger partial charge in [0.15, 0.2) is 0 Å². The van der Waals surface area contributed by atoms with Crippen LogP contribution in [0.5, 0.6) is 0 Å². The van der Waals surface area contributed by atoms with Crippen molar-refractivity contribution in [1.29, 1.82) is 0 Å². The zero-order valence-corrected chi connectivity index (χ0v) is 21.1. The van der Waals surface area contributed by atoms with Crippen molar-refractivity contribution in [1.82, 2.24) is 0 Å². The highest BCUT2D eigenvalue weighted by Gasteiger charge is 2.32. The molecule has 35 heavy (non-hydrogen) atoms. The van der Waals surface area contributed by atoms with Gasteiger partial charge in [-0.1, -0.05) is 32.9 Å². The van der Waals surface area contributed by atoms with Crippen molar-refractivity contribution >= 4 is 49.0 Å². The van der Waals surface area contributed by atoms with Crippen LogP contribution in [0.25, 0.3) is 21.7 Å². The highest BCUT2D eigenvalue weighted by Crippen LogP contribution is 2.42. The van der Waals surface area contributed by atoms with Crippen molar-refractivity contribution in [2.24, 2.45) is 11.3 Å². The van der Waals surface area contributed by atoms with Gasteiger partial charge >= 0.3 is 0 Å². The fourth-order valence-corrected chi connectivity index (χ4v) is 6.89. The highest BCUT2D eigenvalue weighted by molar-refractivity contribution is 7.93. The van der Waals surface area contributed by atoms with Crippen LogP contribution in [0.1, 0.15) is 48.9 Å². The van der Waals surface area contributed by atoms with E-state index in [0.717, 1.165) is 41.7 Å². The Bertz CT molecular complexity index is 1640. The molecule has 2 heterocycles. The summed E-state index contributed by atoms with van der Waals surface area (Å²) in [6.45, 7) is 6.82. The van der Waals surface area contributed by atoms with E-state index in [1.54, 1.807) is 48.3 Å². The number of anilines is 2. The lowest BCUT2D eigenvalue weighted by molar-refractivity contribution is 0.0999. The Morgan fingerprint density at radius 3 is 2.63 bits per heavy atom. The minimum absolute atomic E-state index is 0.128. The molecule has 0 fully saturated rings. The van der Waals surface area contributed by atoms with E-state index >= 15 is 0 Å². The molecule has 1 amide bonds. The monoisotopic (exact) mass is 488 g/mol. The first-order valence-electron chi connectivity index (χ1n) is 12.0. The summed E-state index contributed by atoms with van der Waals surface area (Å²) in [7, 11) is -2.20. The third-order valence-corrected chi connectivity index (χ3v) is 9.13. The van der Waals surface area contributed by atoms with Gasteiger partial charge in [0.05, 0.1) is 10.6 Å². The number of sulfonamides is 1. The molecule has 1 aliphatic heterocycles. The van der Waals surface area contributed by atoms with Crippen LogP contribution in [0.2, 0.25) is 0 Å². The molecule has 7 heteroatoms. The molecule has 180 valence electrons. The van der Waals surface area contributed by atoms with E-state index in [4.69, 9.17) is 4.42 Å². The molecular formula is C28H28N2O4S. The fraction of sp³-hybridized carbons (Fsp3) is 0.321. The Balaban J connectivity index is 1.40. The SMILES string of the molecule is CN1C(=O)c2cccc3c(S(=O)(=O)Nc4ccc5oc6c(c5c4)C[C@@H](C(C)(C)C)CC6)ccc1c23. The van der Waals surface area contributed by atoms with Crippen LogP contribution in [-0.2, 0) is 22.9 Å². The Morgan fingerprint density at radius 2 is 1.86 bits per heavy atom. The number of furan rings is 1. The predicted molar refractivity (Wildman–Crippen MR) is 139 cm³/mol. The minimum Gasteiger partial charge on any atom is -0.461 e. The predicted octanol–water partition coefficient (Wildman–Crippen LogP) is 6.13. The first kappa shape index (κ1) is 22.2. The number of rotatable bonds is 3. The molecule has 0 saturated carbocycles. The second-order valence-corrected chi connectivity index (χ2v) is 12.5. The zero-order valence-electron chi connectivity index (χ0n) is 20.3. The van der Waals surface area contributed by atoms with Gasteiger partial charge in [-0.15, -0.1) is 0 Å². The topological polar surface area (TPSA) is 79.6 Å². The molecule has 0 radical (unpaired) electrons. The van der Waals surface area contributed by atoms with Crippen LogP contribution in [0, 0.1) is 11.3 Å². The summed E-state index contributed by atoms with van der Waals surface area (Å²) >= 11 is 0. The number of nitrogens with one attached hydrogen (secondary N) is 1. The molecular weight excluding hydrogens is 460 g/mol. The Kier molecular flexibility index (Phi) is 4.65. The van der Waals surface area contributed by atoms with Crippen LogP contribution in [0.3, 0.4) is 0 Å². The van der Waals surface area contributed by atoms with Gasteiger partial charge in [0.1, 0.15) is 11.3 Å². The number of benzene rings is 3. The van der Waals surface area contributed by atoms with Crippen molar-refractivity contribution in [3.8, 4) is 0 Å². The van der Waals surface area contributed by atoms with Crippen molar-refractivity contribution in [2.45, 2.75) is 44.9 Å². The van der Waals surface area contributed by atoms with Crippen LogP contribution in [-0.4, -0.2) is 21.4 Å². The molecule has 3 aromatic carbocycles. The van der Waals surface area contributed by atoms with Crippen molar-refractivity contribution < 1.29 is 17.6 Å². The van der Waals surface area contributed by atoms with E-state index < -0.39 is 10.0 Å². The molecule has 0 unspecified atom stereocenters. The first-order chi connectivity index (χ1) is 16.5. The number of amides is 1. The lowest BCUT2D eigenvalue weighted by Crippen LogP contribution is -2.26. The number of carbonyl (C=O) groups is 1. The number of nitrogens with zero attached hydrogens (tertiary/aromatic N) is 1. The highest BCUT2D eigenvalue weighted by atomic mass is 32.2. The van der Waals surface area contributed by atoms with E-state index in [1.807, 2.05) is 12.1 Å². The molecule has 1 atom stereocenters. The molecule has 6 rings (SSSR count). The normalized spacial score (nSPS) is 17.9. The van der Waals surface area contributed by atoms with Crippen molar-refractivity contribution in [3.05, 3.63) is 65.4 Å². The minimum atomic E-state index is -3.90. The first-order valence-corrected chi connectivity index (χ1v) is 13.4. The smallest absolute Gasteiger partial charge is 0.262 e. The summed E-state index contributed by atoms with van der Waals surface area (Å²) in [5.74, 6) is 1.43. The van der Waals surface area contributed by atoms with E-state index in [9.17, 15) is 13.2 Å². The van der Waals surface area contributed by atoms with E-state index in [-0.39, 0.29) is 16.2 Å². The quantitative estimate of drug-likeness (QED) is 0.376. The maximum absolute atomic E-state index is 13.5. The van der Waals surface area contributed by atoms with Gasteiger partial charge in [0.2, 0.25) is 0 Å². The Morgan fingerprint density at radius 1 is 1.06 bits per heavy atom. The average molecular weight is 489 g/mol. The second-order valence-electron chi connectivity index (χ2n) is 10.8. The average Bonchev–Trinajstić information content (AvgIpc) is 3.29. The maximum atomic E-state index is 13.5. The van der Waals surface area contributed by atoms with Crippen LogP contribution in [0.4, 0.5) is 11.4 Å². The number of fused-ring (bicyclic) bond motifs is 3. The number of aryl methyl sites for hydroxylation is 1. The molecule has 2 aliphatic rings. The summed E-state index contributed by atoms with van der Waals surface area (Å²) in [4.78, 5) is 14.3. The van der Waals surface area contributed by atoms with Gasteiger partial charge in [0, 0.05) is 46.4 Å². The molecule has 0 spiro atoms. The van der Waals surface area contributed by atoms with E-state index in [2.05, 4.69) is 25.5 Å². The standard InChI is InChI=1S/C28H28N2O4S/c1-28(2,3)16-8-11-23-20(14-16)21-15-17(9-12-24(21)34-23)29-35(32,33)25-13-10-22-26-18(25)6-5-7-19(26)27(31)30(22)4/h5-7,9-10,12-13,15-16,29H,8,11,14H2,1-4H3/t16-/m0/s1. The van der Waals surface area contributed by atoms with Crippen LogP contribution in [0.15, 0.2) is 57.8 Å². The van der Waals surface area contributed by atoms with Gasteiger partial charge in [-0.3, -0.25) is 9.52 Å². The Labute approximate surface area is 205 Å². The molecule has 1 aliphatic carbocycles. The molecule has 0 bridgehead atoms. The lowest BCUT2D eigenvalue weighted by Gasteiger charge is -2.33. The Hall–Kier alpha value is -3.32. The molecule has 0 saturated heterocycles. The molecule has 1 aromatic heterocycles. The summed E-state index contributed by atoms with van der Waals surface area (Å²) in [5.41, 5.74) is 3.93. The second kappa shape index (κ2) is 7.34. The number of carbonyl (C=O) groups excluding carboxylic acids is 1. The van der Waals surface area contributed by atoms with Gasteiger partial charge in [-0.25, -0.2) is 8.42 Å². The van der Waals surface area contributed by atoms with Crippen LogP contribution < -0.4 is 9.62 Å². The summed E-state index contributed by atoms with van der Waals surface area (Å²) in [6, 6.07) is 14.0. The van der Waals surface area contributed by atoms with Gasteiger partial charge in [-0.2, -0.15) is 0 Å². The number of hydrogen-bond donors (Lipinski definition) is 1. The third-order valence-electron chi connectivity index (χ3n) is 7.69. The van der Waals surface area contributed by atoms with Crippen molar-refractivity contribution in [2.75, 3.05) is 16.7 Å². The maximum Gasteiger partial charge on any atom is 0.262 e. The van der Waals surface area contributed by atoms with Gasteiger partial charge < -0.3 is 9.32 Å². The number of hydrogen-bond acceptors (Lipinski definition) is 4. The molecule has 4 aromatic rings. The zero-order chi connectivity index (χ0) is 24.7. The third kappa shape index (κ3) is 3.36. The van der Waals surface area contributed by atoms with Gasteiger partial charge in [0.25, 0.3) is 15.9 Å².